The van der Waals surface area contributed by atoms with Gasteiger partial charge in [-0.05, 0) is 24.8 Å². The van der Waals surface area contributed by atoms with Crippen LogP contribution in [0.4, 0.5) is 4.79 Å². The number of amides is 1. The van der Waals surface area contributed by atoms with Crippen LogP contribution in [-0.2, 0) is 24.4 Å². The van der Waals surface area contributed by atoms with Crippen LogP contribution in [0.2, 0.25) is 0 Å². The van der Waals surface area contributed by atoms with Crippen LogP contribution in [0.5, 0.6) is 0 Å². The fraction of sp³-hybridized carbons (Fsp3) is 0.400. The molecule has 3 rings (SSSR count). The van der Waals surface area contributed by atoms with Crippen molar-refractivity contribution in [1.29, 1.82) is 0 Å². The number of rotatable bonds is 9. The maximum absolute atomic E-state index is 12.2. The van der Waals surface area contributed by atoms with Crippen molar-refractivity contribution in [1.82, 2.24) is 24.4 Å². The molecule has 0 atom stereocenters. The van der Waals surface area contributed by atoms with Gasteiger partial charge in [-0.1, -0.05) is 37.3 Å². The number of nitrogens with zero attached hydrogens (tertiary/aromatic N) is 3. The van der Waals surface area contributed by atoms with E-state index >= 15 is 0 Å². The van der Waals surface area contributed by atoms with E-state index in [0.717, 1.165) is 18.4 Å². The van der Waals surface area contributed by atoms with Crippen molar-refractivity contribution in [3.8, 4) is 0 Å². The summed E-state index contributed by atoms with van der Waals surface area (Å²) in [7, 11) is 0. The molecule has 0 saturated heterocycles. The molecule has 29 heavy (non-hydrogen) atoms. The highest BCUT2D eigenvalue weighted by molar-refractivity contribution is 5.69. The first-order valence-electron chi connectivity index (χ1n) is 9.72. The summed E-state index contributed by atoms with van der Waals surface area (Å²) in [5.74, 6) is 0. The van der Waals surface area contributed by atoms with Crippen molar-refractivity contribution in [2.45, 2.75) is 45.9 Å². The van der Waals surface area contributed by atoms with Crippen molar-refractivity contribution >= 4 is 17.3 Å². The van der Waals surface area contributed by atoms with Crippen molar-refractivity contribution in [2.24, 2.45) is 0 Å². The second kappa shape index (κ2) is 9.72. The van der Waals surface area contributed by atoms with Crippen LogP contribution in [0.1, 0.15) is 31.7 Å². The number of carbonyl (C=O) groups excluding carboxylic acids is 1. The number of hydrogen-bond donors (Lipinski definition) is 2. The number of unbranched alkanes of at least 4 members (excludes halogenated alkanes) is 1. The number of nitrogens with one attached hydrogen (secondary N) is 2. The second-order valence-electron chi connectivity index (χ2n) is 6.72. The number of carbonyl (C=O) groups is 1. The van der Waals surface area contributed by atoms with E-state index in [1.165, 1.54) is 4.57 Å². The van der Waals surface area contributed by atoms with Crippen LogP contribution in [-0.4, -0.2) is 31.7 Å². The van der Waals surface area contributed by atoms with E-state index in [1.54, 1.807) is 10.9 Å². The minimum atomic E-state index is -0.457. The lowest BCUT2D eigenvalue weighted by molar-refractivity contribution is 0.139. The first kappa shape index (κ1) is 20.4. The zero-order chi connectivity index (χ0) is 20.6. The SMILES string of the molecule is CCCn1c(=O)[nH]c(=O)c2c1ncn2CCCCNC(=O)OCc1ccccc1. The number of aromatic amines is 1. The smallest absolute Gasteiger partial charge is 0.407 e. The van der Waals surface area contributed by atoms with E-state index in [9.17, 15) is 14.4 Å². The third kappa shape index (κ3) is 5.13. The van der Waals surface area contributed by atoms with Gasteiger partial charge in [0.2, 0.25) is 0 Å². The quantitative estimate of drug-likeness (QED) is 0.535. The molecule has 1 aromatic carbocycles. The molecule has 0 saturated carbocycles. The first-order valence-corrected chi connectivity index (χ1v) is 9.72. The summed E-state index contributed by atoms with van der Waals surface area (Å²) in [5.41, 5.74) is 0.864. The van der Waals surface area contributed by atoms with Crippen molar-refractivity contribution in [3.63, 3.8) is 0 Å². The molecule has 0 unspecified atom stereocenters. The normalized spacial score (nSPS) is 10.9. The van der Waals surface area contributed by atoms with E-state index in [4.69, 9.17) is 4.74 Å². The Labute approximate surface area is 167 Å². The van der Waals surface area contributed by atoms with E-state index in [-0.39, 0.29) is 6.61 Å². The van der Waals surface area contributed by atoms with Crippen molar-refractivity contribution < 1.29 is 9.53 Å². The Kier molecular flexibility index (Phi) is 6.83. The summed E-state index contributed by atoms with van der Waals surface area (Å²) in [4.78, 5) is 42.5. The number of aryl methyl sites for hydroxylation is 2. The van der Waals surface area contributed by atoms with Crippen LogP contribution in [0, 0.1) is 0 Å². The van der Waals surface area contributed by atoms with Crippen LogP contribution in [0.25, 0.3) is 11.2 Å². The minimum absolute atomic E-state index is 0.232. The summed E-state index contributed by atoms with van der Waals surface area (Å²) >= 11 is 0. The molecule has 0 spiro atoms. The number of fused-ring (bicyclic) bond motifs is 1. The van der Waals surface area contributed by atoms with Gasteiger partial charge < -0.3 is 14.6 Å². The number of aromatic nitrogens is 4. The molecular formula is C20H25N5O4. The van der Waals surface area contributed by atoms with Gasteiger partial charge in [-0.15, -0.1) is 0 Å². The van der Waals surface area contributed by atoms with Crippen LogP contribution < -0.4 is 16.6 Å². The van der Waals surface area contributed by atoms with Crippen molar-refractivity contribution in [3.05, 3.63) is 63.1 Å². The van der Waals surface area contributed by atoms with Crippen molar-refractivity contribution in [2.75, 3.05) is 6.54 Å². The number of hydrogen-bond acceptors (Lipinski definition) is 5. The zero-order valence-electron chi connectivity index (χ0n) is 16.4. The molecule has 3 aromatic rings. The predicted molar refractivity (Wildman–Crippen MR) is 109 cm³/mol. The zero-order valence-corrected chi connectivity index (χ0v) is 16.4. The number of imidazole rings is 1. The average molecular weight is 399 g/mol. The largest absolute Gasteiger partial charge is 0.445 e. The van der Waals surface area contributed by atoms with Gasteiger partial charge in [0, 0.05) is 19.6 Å². The summed E-state index contributed by atoms with van der Waals surface area (Å²) in [6.07, 6.45) is 3.33. The number of H-pyrrole nitrogens is 1. The second-order valence-corrected chi connectivity index (χ2v) is 6.72. The van der Waals surface area contributed by atoms with Gasteiger partial charge in [-0.25, -0.2) is 14.6 Å². The lowest BCUT2D eigenvalue weighted by Gasteiger charge is -2.08. The summed E-state index contributed by atoms with van der Waals surface area (Å²) in [6, 6.07) is 9.48. The van der Waals surface area contributed by atoms with E-state index in [2.05, 4.69) is 15.3 Å². The molecule has 2 N–H and O–H groups in total. The fourth-order valence-corrected chi connectivity index (χ4v) is 3.09. The fourth-order valence-electron chi connectivity index (χ4n) is 3.09. The molecule has 2 aromatic heterocycles. The molecule has 0 aliphatic carbocycles. The van der Waals surface area contributed by atoms with Gasteiger partial charge in [0.15, 0.2) is 11.2 Å². The Morgan fingerprint density at radius 1 is 1.17 bits per heavy atom. The maximum Gasteiger partial charge on any atom is 0.407 e. The van der Waals surface area contributed by atoms with Gasteiger partial charge >= 0.3 is 11.8 Å². The van der Waals surface area contributed by atoms with Crippen LogP contribution in [0.15, 0.2) is 46.2 Å². The summed E-state index contributed by atoms with van der Waals surface area (Å²) in [6.45, 7) is 3.72. The Hall–Kier alpha value is -3.36. The number of alkyl carbamates (subject to hydrolysis) is 1. The van der Waals surface area contributed by atoms with Crippen LogP contribution in [0.3, 0.4) is 0 Å². The molecule has 0 radical (unpaired) electrons. The van der Waals surface area contributed by atoms with Gasteiger partial charge in [0.05, 0.1) is 6.33 Å². The lowest BCUT2D eigenvalue weighted by atomic mass is 10.2. The molecule has 1 amide bonds. The number of ether oxygens (including phenoxy) is 1. The maximum atomic E-state index is 12.2. The third-order valence-electron chi connectivity index (χ3n) is 4.51. The first-order chi connectivity index (χ1) is 14.1. The highest BCUT2D eigenvalue weighted by atomic mass is 16.5. The van der Waals surface area contributed by atoms with Crippen LogP contribution >= 0.6 is 0 Å². The molecule has 0 aliphatic rings. The monoisotopic (exact) mass is 399 g/mol. The Morgan fingerprint density at radius 2 is 1.97 bits per heavy atom. The Bertz CT molecular complexity index is 1070. The number of benzene rings is 1. The van der Waals surface area contributed by atoms with E-state index < -0.39 is 17.3 Å². The highest BCUT2D eigenvalue weighted by Crippen LogP contribution is 2.08. The molecule has 2 heterocycles. The standard InChI is InChI=1S/C20H25N5O4/c1-2-11-25-17-16(18(26)23-19(25)27)24(14-22-17)12-7-6-10-21-20(28)29-13-15-8-4-3-5-9-15/h3-5,8-9,14H,2,6-7,10-13H2,1H3,(H,21,28)(H,23,26,27). The van der Waals surface area contributed by atoms with Gasteiger partial charge in [0.25, 0.3) is 5.56 Å². The topological polar surface area (TPSA) is 111 Å². The molecule has 9 heteroatoms. The highest BCUT2D eigenvalue weighted by Gasteiger charge is 2.13. The van der Waals surface area contributed by atoms with Gasteiger partial charge in [-0.3, -0.25) is 14.3 Å². The van der Waals surface area contributed by atoms with E-state index in [0.29, 0.717) is 37.2 Å². The molecule has 0 bridgehead atoms. The predicted octanol–water partition coefficient (Wildman–Crippen LogP) is 2.00. The molecule has 0 fully saturated rings. The van der Waals surface area contributed by atoms with Gasteiger partial charge in [-0.2, -0.15) is 0 Å². The molecule has 154 valence electrons. The Balaban J connectivity index is 1.48. The lowest BCUT2D eigenvalue weighted by Crippen LogP contribution is -2.31. The Morgan fingerprint density at radius 3 is 2.72 bits per heavy atom. The molecular weight excluding hydrogens is 374 g/mol. The average Bonchev–Trinajstić information content (AvgIpc) is 3.14. The third-order valence-corrected chi connectivity index (χ3v) is 4.51. The molecule has 9 nitrogen and oxygen atoms in total. The summed E-state index contributed by atoms with van der Waals surface area (Å²) in [5, 5.41) is 2.72. The molecule has 0 aliphatic heterocycles. The minimum Gasteiger partial charge on any atom is -0.445 e. The van der Waals surface area contributed by atoms with Gasteiger partial charge in [0.1, 0.15) is 6.61 Å². The van der Waals surface area contributed by atoms with E-state index in [1.807, 2.05) is 37.3 Å². The summed E-state index contributed by atoms with van der Waals surface area (Å²) < 4.78 is 8.39.